The molecule has 1 aliphatic carbocycles. The first-order chi connectivity index (χ1) is 36.6. The lowest BCUT2D eigenvalue weighted by atomic mass is 9.36. The van der Waals surface area contributed by atoms with Gasteiger partial charge in [0.1, 0.15) is 0 Å². The fourth-order valence-electron chi connectivity index (χ4n) is 11.2. The van der Waals surface area contributed by atoms with Gasteiger partial charge in [-0.05, 0) is 151 Å². The first kappa shape index (κ1) is 33.6. The van der Waals surface area contributed by atoms with Gasteiger partial charge in [-0.2, -0.15) is 0 Å². The van der Waals surface area contributed by atoms with Gasteiger partial charge in [0.15, 0.2) is 0 Å². The van der Waals surface area contributed by atoms with E-state index in [4.69, 9.17) is 8.22 Å². The van der Waals surface area contributed by atoms with Crippen molar-refractivity contribution >= 4 is 78.0 Å². The van der Waals surface area contributed by atoms with Gasteiger partial charge in [0.05, 0.1) is 22.3 Å². The Morgan fingerprint density at radius 2 is 1.16 bits per heavy atom. The third-order valence-corrected chi connectivity index (χ3v) is 16.7. The molecule has 0 N–H and O–H groups in total. The second-order valence-electron chi connectivity index (χ2n) is 23.3. The van der Waals surface area contributed by atoms with Crippen molar-refractivity contribution in [2.45, 2.75) is 130 Å². The van der Waals surface area contributed by atoms with E-state index in [-0.39, 0.29) is 57.6 Å². The summed E-state index contributed by atoms with van der Waals surface area (Å²) in [7, 11) is 0. The van der Waals surface area contributed by atoms with Crippen LogP contribution in [0.3, 0.4) is 0 Å². The standard InChI is InChI=1S/C64H67BN2S/c1-40-34-54-57-55(35-40)67(52-30-26-44(61(5,6)7)36-47(52)41-20-16-14-17-21-41)53-31-27-45(64(12,13)43-22-18-15-19-23-43)37-51(53)65(57)59-58(66(54)46-28-24-42(25-29-46)60(2,3)4)48-38-49-50(39-56(48)68-59)63(10,11)33-32-62(49,8)9/h14-31,34-39H,32-33H2,1-13H3/i1D3,14D,15D,16D,17D,18D,19D,20D,21D. The Labute approximate surface area is 426 Å². The van der Waals surface area contributed by atoms with Crippen molar-refractivity contribution in [3.63, 3.8) is 0 Å². The van der Waals surface area contributed by atoms with Crippen molar-refractivity contribution in [1.29, 1.82) is 0 Å². The lowest BCUT2D eigenvalue weighted by molar-refractivity contribution is 0.332. The summed E-state index contributed by atoms with van der Waals surface area (Å²) in [6, 6.07) is 30.3. The second kappa shape index (κ2) is 15.3. The molecule has 1 aromatic heterocycles. The van der Waals surface area contributed by atoms with Gasteiger partial charge in [-0.25, -0.2) is 0 Å². The third-order valence-electron chi connectivity index (χ3n) is 15.5. The van der Waals surface area contributed by atoms with E-state index in [1.807, 2.05) is 30.3 Å². The molecule has 8 aromatic rings. The molecule has 11 rings (SSSR count). The van der Waals surface area contributed by atoms with E-state index in [2.05, 4.69) is 141 Å². The second-order valence-corrected chi connectivity index (χ2v) is 24.4. The van der Waals surface area contributed by atoms with E-state index < -0.39 is 42.5 Å². The number of fused-ring (bicyclic) bond motifs is 7. The number of benzene rings is 7. The molecule has 342 valence electrons. The highest BCUT2D eigenvalue weighted by molar-refractivity contribution is 7.33. The largest absolute Gasteiger partial charge is 0.311 e. The van der Waals surface area contributed by atoms with E-state index in [9.17, 15) is 6.85 Å². The van der Waals surface area contributed by atoms with Crippen LogP contribution in [-0.2, 0) is 27.1 Å². The van der Waals surface area contributed by atoms with Crippen LogP contribution in [0.15, 0.2) is 145 Å². The first-order valence-electron chi connectivity index (χ1n) is 29.6. The summed E-state index contributed by atoms with van der Waals surface area (Å²) < 4.78 is 101. The van der Waals surface area contributed by atoms with Gasteiger partial charge in [0, 0.05) is 52.7 Å². The van der Waals surface area contributed by atoms with E-state index in [0.717, 1.165) is 72.4 Å². The maximum atomic E-state index is 9.45. The molecule has 0 fully saturated rings. The average molecular weight is 918 g/mol. The Morgan fingerprint density at radius 3 is 1.81 bits per heavy atom. The monoisotopic (exact) mass is 918 g/mol. The average Bonchev–Trinajstić information content (AvgIpc) is 4.00. The minimum atomic E-state index is -2.58. The third kappa shape index (κ3) is 7.02. The molecular formula is C64H67BN2S. The van der Waals surface area contributed by atoms with Crippen LogP contribution < -0.4 is 25.5 Å². The number of thiophene rings is 1. The van der Waals surface area contributed by atoms with Gasteiger partial charge in [0.25, 0.3) is 6.71 Å². The SMILES string of the molecule is [2H]c1cc(C(C)(C)c2ccc3c(c2)B2c4sc5cc6c(cc5c4N(c4ccc(C(C)(C)C)cc4)c4cc(C([2H])([2H])[2H])cc(c42)N3c2ccc(C(C)(C)C)cc2-c2c([2H])c([2H])c([2H])c([2H])c2[2H])C(C)(C)CCC6(C)C)cc([2H])c1[2H]. The molecule has 3 heterocycles. The molecule has 0 unspecified atom stereocenters. The minimum Gasteiger partial charge on any atom is -0.311 e. The van der Waals surface area contributed by atoms with Crippen molar-refractivity contribution < 1.29 is 15.1 Å². The molecule has 0 atom stereocenters. The minimum absolute atomic E-state index is 0.0332. The normalized spacial score (nSPS) is 18.5. The summed E-state index contributed by atoms with van der Waals surface area (Å²) in [4.78, 5) is 4.34. The Balaban J connectivity index is 1.32. The van der Waals surface area contributed by atoms with Crippen LogP contribution in [-0.4, -0.2) is 6.71 Å². The predicted octanol–water partition coefficient (Wildman–Crippen LogP) is 16.2. The summed E-state index contributed by atoms with van der Waals surface area (Å²) in [5.41, 5.74) is 11.4. The maximum absolute atomic E-state index is 9.45. The van der Waals surface area contributed by atoms with Crippen molar-refractivity contribution in [3.8, 4) is 11.1 Å². The zero-order chi connectivity index (χ0) is 57.3. The predicted molar refractivity (Wildman–Crippen MR) is 297 cm³/mol. The van der Waals surface area contributed by atoms with Crippen molar-refractivity contribution in [2.24, 2.45) is 0 Å². The molecular weight excluding hydrogens is 840 g/mol. The van der Waals surface area contributed by atoms with Crippen LogP contribution in [0.5, 0.6) is 0 Å². The van der Waals surface area contributed by atoms with Crippen molar-refractivity contribution in [1.82, 2.24) is 0 Å². The van der Waals surface area contributed by atoms with Crippen LogP contribution >= 0.6 is 11.3 Å². The first-order valence-corrected chi connectivity index (χ1v) is 24.9. The number of aryl methyl sites for hydroxylation is 1. The summed E-state index contributed by atoms with van der Waals surface area (Å²) >= 11 is 1.77. The molecule has 0 spiro atoms. The Kier molecular flexibility index (Phi) is 7.58. The van der Waals surface area contributed by atoms with Gasteiger partial charge >= 0.3 is 0 Å². The number of hydrogen-bond acceptors (Lipinski definition) is 3. The van der Waals surface area contributed by atoms with Crippen LogP contribution in [0.1, 0.15) is 150 Å². The number of hydrogen-bond donors (Lipinski definition) is 0. The highest BCUT2D eigenvalue weighted by Gasteiger charge is 2.47. The molecule has 0 amide bonds. The van der Waals surface area contributed by atoms with Gasteiger partial charge in [-0.15, -0.1) is 11.3 Å². The van der Waals surface area contributed by atoms with Gasteiger partial charge < -0.3 is 9.80 Å². The van der Waals surface area contributed by atoms with E-state index in [1.165, 1.54) is 11.1 Å². The number of rotatable bonds is 5. The van der Waals surface area contributed by atoms with Crippen LogP contribution in [0.2, 0.25) is 0 Å². The lowest BCUT2D eigenvalue weighted by Gasteiger charge is -2.44. The smallest absolute Gasteiger partial charge is 0.264 e. The molecule has 0 saturated heterocycles. The highest BCUT2D eigenvalue weighted by atomic mass is 32.1. The molecule has 4 heteroatoms. The van der Waals surface area contributed by atoms with E-state index in [0.29, 0.717) is 28.2 Å². The molecule has 7 aromatic carbocycles. The summed E-state index contributed by atoms with van der Waals surface area (Å²) in [5.74, 6) is 0. The Bertz CT molecular complexity index is 3840. The molecule has 2 aliphatic heterocycles. The van der Waals surface area contributed by atoms with Crippen LogP contribution in [0, 0.1) is 6.85 Å². The molecule has 0 saturated carbocycles. The fraction of sp³-hybridized carbons (Fsp3) is 0.312. The molecule has 3 aliphatic rings. The molecule has 68 heavy (non-hydrogen) atoms. The maximum Gasteiger partial charge on any atom is 0.264 e. The summed E-state index contributed by atoms with van der Waals surface area (Å²) in [6.45, 7) is 23.2. The zero-order valence-electron chi connectivity index (χ0n) is 52.5. The quantitative estimate of drug-likeness (QED) is 0.159. The topological polar surface area (TPSA) is 6.48 Å². The summed E-state index contributed by atoms with van der Waals surface area (Å²) in [6.07, 6.45) is 2.07. The van der Waals surface area contributed by atoms with Crippen molar-refractivity contribution in [3.05, 3.63) is 184 Å². The summed E-state index contributed by atoms with van der Waals surface area (Å²) in [5, 5.41) is 1.08. The fourth-order valence-corrected chi connectivity index (χ4v) is 12.5. The number of nitrogens with zero attached hydrogens (tertiary/aromatic N) is 2. The van der Waals surface area contributed by atoms with Crippen molar-refractivity contribution in [2.75, 3.05) is 9.80 Å². The van der Waals surface area contributed by atoms with Gasteiger partial charge in [-0.3, -0.25) is 0 Å². The van der Waals surface area contributed by atoms with E-state index in [1.54, 1.807) is 29.5 Å². The lowest BCUT2D eigenvalue weighted by Crippen LogP contribution is -2.60. The molecule has 2 nitrogen and oxygen atoms in total. The Hall–Kier alpha value is -5.84. The highest BCUT2D eigenvalue weighted by Crippen LogP contribution is 2.53. The van der Waals surface area contributed by atoms with Crippen LogP contribution in [0.4, 0.5) is 34.1 Å². The zero-order valence-corrected chi connectivity index (χ0v) is 42.3. The molecule has 0 bridgehead atoms. The molecule has 0 radical (unpaired) electrons. The van der Waals surface area contributed by atoms with Crippen LogP contribution in [0.25, 0.3) is 21.2 Å². The van der Waals surface area contributed by atoms with E-state index >= 15 is 0 Å². The van der Waals surface area contributed by atoms with Gasteiger partial charge in [0.2, 0.25) is 0 Å². The number of anilines is 6. The Morgan fingerprint density at radius 1 is 0.574 bits per heavy atom. The van der Waals surface area contributed by atoms with Gasteiger partial charge in [-0.1, -0.05) is 174 Å².